The zero-order valence-electron chi connectivity index (χ0n) is 11.2. The molecule has 2 N–H and O–H groups in total. The summed E-state index contributed by atoms with van der Waals surface area (Å²) in [6.45, 7) is 0. The summed E-state index contributed by atoms with van der Waals surface area (Å²) < 4.78 is 65.6. The number of halogens is 5. The predicted octanol–water partition coefficient (Wildman–Crippen LogP) is 4.51. The Kier molecular flexibility index (Phi) is 4.68. The number of hydrogen-bond donors (Lipinski definition) is 2. The van der Waals surface area contributed by atoms with E-state index in [1.807, 2.05) is 0 Å². The normalized spacial score (nSPS) is 11.0. The summed E-state index contributed by atoms with van der Waals surface area (Å²) >= 11 is 0. The zero-order valence-corrected chi connectivity index (χ0v) is 11.2. The van der Waals surface area contributed by atoms with Gasteiger partial charge in [0.15, 0.2) is 0 Å². The molecule has 0 aliphatic rings. The van der Waals surface area contributed by atoms with Crippen LogP contribution in [0.3, 0.4) is 0 Å². The van der Waals surface area contributed by atoms with E-state index in [1.165, 1.54) is 12.1 Å². The van der Waals surface area contributed by atoms with E-state index in [0.717, 1.165) is 24.3 Å². The highest BCUT2D eigenvalue weighted by atomic mass is 19.4. The molecule has 2 rings (SSSR count). The number of nitrogens with one attached hydrogen (secondary N) is 2. The largest absolute Gasteiger partial charge is 0.573 e. The van der Waals surface area contributed by atoms with E-state index in [0.29, 0.717) is 6.07 Å². The molecule has 0 radical (unpaired) electrons. The Morgan fingerprint density at radius 3 is 1.91 bits per heavy atom. The number of benzene rings is 2. The van der Waals surface area contributed by atoms with Crippen molar-refractivity contribution in [1.29, 1.82) is 0 Å². The molecule has 0 aliphatic carbocycles. The number of urea groups is 1. The molecule has 9 heteroatoms. The molecule has 0 spiro atoms. The molecular formula is C14H9F5N2O2. The van der Waals surface area contributed by atoms with Gasteiger partial charge in [0, 0.05) is 17.4 Å². The van der Waals surface area contributed by atoms with Crippen LogP contribution in [0.15, 0.2) is 42.5 Å². The lowest BCUT2D eigenvalue weighted by molar-refractivity contribution is -0.274. The predicted molar refractivity (Wildman–Crippen MR) is 72.1 cm³/mol. The second-order valence-corrected chi connectivity index (χ2v) is 4.31. The molecule has 0 atom stereocenters. The smallest absolute Gasteiger partial charge is 0.406 e. The fraction of sp³-hybridized carbons (Fsp3) is 0.0714. The fourth-order valence-corrected chi connectivity index (χ4v) is 1.66. The molecule has 2 amide bonds. The second kappa shape index (κ2) is 6.51. The van der Waals surface area contributed by atoms with Gasteiger partial charge in [0.05, 0.1) is 0 Å². The maximum atomic E-state index is 13.0. The maximum absolute atomic E-state index is 13.0. The van der Waals surface area contributed by atoms with E-state index < -0.39 is 29.8 Å². The van der Waals surface area contributed by atoms with E-state index in [2.05, 4.69) is 15.4 Å². The first-order chi connectivity index (χ1) is 10.7. The third-order valence-electron chi connectivity index (χ3n) is 2.47. The van der Waals surface area contributed by atoms with Crippen LogP contribution < -0.4 is 15.4 Å². The summed E-state index contributed by atoms with van der Waals surface area (Å²) in [7, 11) is 0. The molecule has 4 nitrogen and oxygen atoms in total. The average Bonchev–Trinajstić information content (AvgIpc) is 2.38. The number of amides is 2. The van der Waals surface area contributed by atoms with E-state index in [9.17, 15) is 26.7 Å². The van der Waals surface area contributed by atoms with Crippen molar-refractivity contribution in [2.75, 3.05) is 10.6 Å². The number of carbonyl (C=O) groups is 1. The minimum absolute atomic E-state index is 0.114. The quantitative estimate of drug-likeness (QED) is 0.813. The molecule has 0 fully saturated rings. The third kappa shape index (κ3) is 5.46. The van der Waals surface area contributed by atoms with Crippen LogP contribution in [0.25, 0.3) is 0 Å². The van der Waals surface area contributed by atoms with Crippen LogP contribution in [0.5, 0.6) is 5.75 Å². The van der Waals surface area contributed by atoms with Gasteiger partial charge in [-0.15, -0.1) is 13.2 Å². The van der Waals surface area contributed by atoms with Crippen molar-refractivity contribution in [3.63, 3.8) is 0 Å². The van der Waals surface area contributed by atoms with Crippen molar-refractivity contribution < 1.29 is 31.5 Å². The molecule has 0 unspecified atom stereocenters. The Balaban J connectivity index is 1.97. The van der Waals surface area contributed by atoms with Gasteiger partial charge in [0.25, 0.3) is 0 Å². The summed E-state index contributed by atoms with van der Waals surface area (Å²) in [4.78, 5) is 11.6. The molecule has 0 saturated heterocycles. The van der Waals surface area contributed by atoms with Crippen molar-refractivity contribution in [2.45, 2.75) is 6.36 Å². The number of hydrogen-bond acceptors (Lipinski definition) is 2. The van der Waals surface area contributed by atoms with Crippen LogP contribution in [0, 0.1) is 11.6 Å². The zero-order chi connectivity index (χ0) is 17.0. The second-order valence-electron chi connectivity index (χ2n) is 4.31. The molecule has 23 heavy (non-hydrogen) atoms. The molecule has 0 heterocycles. The minimum Gasteiger partial charge on any atom is -0.406 e. The lowest BCUT2D eigenvalue weighted by Crippen LogP contribution is -2.20. The number of alkyl halides is 3. The number of anilines is 2. The van der Waals surface area contributed by atoms with Gasteiger partial charge in [-0.25, -0.2) is 13.6 Å². The van der Waals surface area contributed by atoms with Gasteiger partial charge >= 0.3 is 12.4 Å². The first kappa shape index (κ1) is 16.5. The summed E-state index contributed by atoms with van der Waals surface area (Å²) in [6.07, 6.45) is -4.81. The lowest BCUT2D eigenvalue weighted by atomic mass is 10.3. The van der Waals surface area contributed by atoms with Crippen molar-refractivity contribution >= 4 is 17.4 Å². The summed E-state index contributed by atoms with van der Waals surface area (Å²) in [5.41, 5.74) is 0.0472. The van der Waals surface area contributed by atoms with Crippen LogP contribution in [0.1, 0.15) is 0 Å². The van der Waals surface area contributed by atoms with Crippen molar-refractivity contribution in [1.82, 2.24) is 0 Å². The van der Waals surface area contributed by atoms with Crippen molar-refractivity contribution in [3.05, 3.63) is 54.1 Å². The third-order valence-corrected chi connectivity index (χ3v) is 2.47. The van der Waals surface area contributed by atoms with Gasteiger partial charge in [-0.2, -0.15) is 0 Å². The number of ether oxygens (including phenoxy) is 1. The maximum Gasteiger partial charge on any atom is 0.573 e. The highest BCUT2D eigenvalue weighted by molar-refractivity contribution is 5.99. The van der Waals surface area contributed by atoms with Gasteiger partial charge in [0.2, 0.25) is 0 Å². The van der Waals surface area contributed by atoms with Crippen LogP contribution in [0.2, 0.25) is 0 Å². The molecule has 0 aliphatic heterocycles. The molecular weight excluding hydrogens is 323 g/mol. The molecule has 2 aromatic carbocycles. The Labute approximate surface area is 126 Å². The van der Waals surface area contributed by atoms with E-state index in [-0.39, 0.29) is 11.4 Å². The number of rotatable bonds is 3. The highest BCUT2D eigenvalue weighted by Crippen LogP contribution is 2.24. The van der Waals surface area contributed by atoms with Crippen LogP contribution in [-0.2, 0) is 0 Å². The summed E-state index contributed by atoms with van der Waals surface area (Å²) in [6, 6.07) is 5.99. The summed E-state index contributed by atoms with van der Waals surface area (Å²) in [5.74, 6) is -2.18. The van der Waals surface area contributed by atoms with Gasteiger partial charge in [-0.1, -0.05) is 0 Å². The first-order valence-electron chi connectivity index (χ1n) is 6.11. The molecule has 0 aromatic heterocycles. The first-order valence-corrected chi connectivity index (χ1v) is 6.11. The average molecular weight is 332 g/mol. The Morgan fingerprint density at radius 2 is 1.39 bits per heavy atom. The monoisotopic (exact) mass is 332 g/mol. The summed E-state index contributed by atoms with van der Waals surface area (Å²) in [5, 5.41) is 4.47. The lowest BCUT2D eigenvalue weighted by Gasteiger charge is -2.10. The molecule has 0 saturated carbocycles. The molecule has 0 bridgehead atoms. The fourth-order valence-electron chi connectivity index (χ4n) is 1.66. The Bertz CT molecular complexity index is 681. The number of carbonyl (C=O) groups excluding carboxylic acids is 1. The van der Waals surface area contributed by atoms with Crippen LogP contribution in [-0.4, -0.2) is 12.4 Å². The van der Waals surface area contributed by atoms with Crippen molar-refractivity contribution in [3.8, 4) is 5.75 Å². The van der Waals surface area contributed by atoms with Crippen LogP contribution >= 0.6 is 0 Å². The van der Waals surface area contributed by atoms with E-state index in [1.54, 1.807) is 0 Å². The standard InChI is InChI=1S/C14H9F5N2O2/c15-8-5-9(16)7-11(6-8)21-13(22)20-10-1-3-12(4-2-10)23-14(17,18)19/h1-7H,(H2,20,21,22). The van der Waals surface area contributed by atoms with Gasteiger partial charge in [0.1, 0.15) is 17.4 Å². The Hall–Kier alpha value is -2.84. The van der Waals surface area contributed by atoms with Crippen molar-refractivity contribution in [2.24, 2.45) is 0 Å². The minimum atomic E-state index is -4.81. The van der Waals surface area contributed by atoms with Gasteiger partial charge in [-0.3, -0.25) is 0 Å². The van der Waals surface area contributed by atoms with E-state index in [4.69, 9.17) is 0 Å². The Morgan fingerprint density at radius 1 is 0.870 bits per heavy atom. The topological polar surface area (TPSA) is 50.4 Å². The van der Waals surface area contributed by atoms with Crippen LogP contribution in [0.4, 0.5) is 38.1 Å². The molecule has 122 valence electrons. The van der Waals surface area contributed by atoms with Gasteiger partial charge < -0.3 is 15.4 Å². The molecule has 2 aromatic rings. The van der Waals surface area contributed by atoms with Gasteiger partial charge in [-0.05, 0) is 36.4 Å². The SMILES string of the molecule is O=C(Nc1ccc(OC(F)(F)F)cc1)Nc1cc(F)cc(F)c1. The van der Waals surface area contributed by atoms with E-state index >= 15 is 0 Å². The highest BCUT2D eigenvalue weighted by Gasteiger charge is 2.30.